The van der Waals surface area contributed by atoms with Crippen molar-refractivity contribution in [2.45, 2.75) is 33.1 Å². The number of aromatic amines is 1. The van der Waals surface area contributed by atoms with Gasteiger partial charge in [-0.25, -0.2) is 0 Å². The van der Waals surface area contributed by atoms with E-state index in [1.165, 1.54) is 0 Å². The van der Waals surface area contributed by atoms with Gasteiger partial charge < -0.3 is 9.80 Å². The van der Waals surface area contributed by atoms with Gasteiger partial charge in [-0.1, -0.05) is 44.2 Å². The lowest BCUT2D eigenvalue weighted by molar-refractivity contribution is -0.134. The topological polar surface area (TPSA) is 82.2 Å². The highest BCUT2D eigenvalue weighted by atomic mass is 16.2. The molecular weight excluding hydrogens is 414 g/mol. The van der Waals surface area contributed by atoms with Crippen LogP contribution in [0.15, 0.2) is 55.0 Å². The molecule has 2 amide bonds. The van der Waals surface area contributed by atoms with E-state index in [0.29, 0.717) is 44.6 Å². The molecule has 4 rings (SSSR count). The van der Waals surface area contributed by atoms with Crippen LogP contribution in [-0.4, -0.2) is 63.0 Å². The largest absolute Gasteiger partial charge is 0.341 e. The number of pyridine rings is 1. The Morgan fingerprint density at radius 2 is 1.97 bits per heavy atom. The molecule has 0 spiro atoms. The van der Waals surface area contributed by atoms with Crippen LogP contribution in [0.2, 0.25) is 0 Å². The average Bonchev–Trinajstić information content (AvgIpc) is 3.28. The Bertz CT molecular complexity index is 1090. The molecule has 7 heteroatoms. The van der Waals surface area contributed by atoms with Crippen molar-refractivity contribution in [2.75, 3.05) is 26.2 Å². The van der Waals surface area contributed by atoms with E-state index in [9.17, 15) is 9.59 Å². The van der Waals surface area contributed by atoms with E-state index in [2.05, 4.69) is 34.2 Å². The molecule has 1 fully saturated rings. The molecule has 0 bridgehead atoms. The summed E-state index contributed by atoms with van der Waals surface area (Å²) in [6.45, 7) is 6.25. The van der Waals surface area contributed by atoms with E-state index < -0.39 is 0 Å². The molecule has 3 heterocycles. The SMILES string of the molecule is CCCN1CCN(C(=O)c2cn[nH]c2CC)C[C@H](Cc2ccccc2-c2cccnc2)C1=O. The molecule has 0 aliphatic carbocycles. The van der Waals surface area contributed by atoms with Crippen LogP contribution in [0.5, 0.6) is 0 Å². The number of nitrogens with zero attached hydrogens (tertiary/aromatic N) is 4. The molecule has 1 aliphatic heterocycles. The Kier molecular flexibility index (Phi) is 7.17. The van der Waals surface area contributed by atoms with E-state index in [-0.39, 0.29) is 17.7 Å². The number of carbonyl (C=O) groups is 2. The van der Waals surface area contributed by atoms with Crippen molar-refractivity contribution in [3.05, 3.63) is 71.8 Å². The van der Waals surface area contributed by atoms with Gasteiger partial charge >= 0.3 is 0 Å². The number of aromatic nitrogens is 3. The molecule has 172 valence electrons. The van der Waals surface area contributed by atoms with E-state index >= 15 is 0 Å². The van der Waals surface area contributed by atoms with Gasteiger partial charge in [0.25, 0.3) is 5.91 Å². The van der Waals surface area contributed by atoms with E-state index in [0.717, 1.165) is 28.8 Å². The average molecular weight is 446 g/mol. The molecule has 3 aromatic rings. The first-order valence-corrected chi connectivity index (χ1v) is 11.7. The Hall–Kier alpha value is -3.48. The van der Waals surface area contributed by atoms with Crippen LogP contribution >= 0.6 is 0 Å². The van der Waals surface area contributed by atoms with Crippen molar-refractivity contribution in [3.63, 3.8) is 0 Å². The number of rotatable bonds is 7. The van der Waals surface area contributed by atoms with Crippen LogP contribution in [0.3, 0.4) is 0 Å². The lowest BCUT2D eigenvalue weighted by Gasteiger charge is -2.24. The second-order valence-electron chi connectivity index (χ2n) is 8.49. The van der Waals surface area contributed by atoms with Gasteiger partial charge in [0, 0.05) is 49.8 Å². The second-order valence-corrected chi connectivity index (χ2v) is 8.49. The van der Waals surface area contributed by atoms with E-state index in [1.54, 1.807) is 12.4 Å². The summed E-state index contributed by atoms with van der Waals surface area (Å²) >= 11 is 0. The lowest BCUT2D eigenvalue weighted by atomic mass is 9.91. The van der Waals surface area contributed by atoms with Gasteiger partial charge in [0.1, 0.15) is 0 Å². The molecular formula is C26H31N5O2. The minimum absolute atomic E-state index is 0.0581. The molecule has 1 saturated heterocycles. The molecule has 0 saturated carbocycles. The van der Waals surface area contributed by atoms with Gasteiger partial charge in [-0.15, -0.1) is 0 Å². The third-order valence-electron chi connectivity index (χ3n) is 6.28. The van der Waals surface area contributed by atoms with E-state index in [1.807, 2.05) is 47.2 Å². The number of amides is 2. The molecule has 1 atom stereocenters. The molecule has 33 heavy (non-hydrogen) atoms. The van der Waals surface area contributed by atoms with Crippen LogP contribution in [0, 0.1) is 5.92 Å². The van der Waals surface area contributed by atoms with Crippen LogP contribution in [0.25, 0.3) is 11.1 Å². The summed E-state index contributed by atoms with van der Waals surface area (Å²) in [5.41, 5.74) is 4.62. The maximum absolute atomic E-state index is 13.5. The summed E-state index contributed by atoms with van der Waals surface area (Å²) in [4.78, 5) is 34.9. The van der Waals surface area contributed by atoms with Gasteiger partial charge in [0.15, 0.2) is 0 Å². The molecule has 1 N–H and O–H groups in total. The van der Waals surface area contributed by atoms with Crippen molar-refractivity contribution in [2.24, 2.45) is 5.92 Å². The summed E-state index contributed by atoms with van der Waals surface area (Å²) in [6, 6.07) is 12.1. The lowest BCUT2D eigenvalue weighted by Crippen LogP contribution is -2.38. The molecule has 1 aromatic carbocycles. The fourth-order valence-corrected chi connectivity index (χ4v) is 4.58. The number of hydrogen-bond acceptors (Lipinski definition) is 4. The maximum Gasteiger partial charge on any atom is 0.257 e. The summed E-state index contributed by atoms with van der Waals surface area (Å²) < 4.78 is 0. The quantitative estimate of drug-likeness (QED) is 0.603. The fraction of sp³-hybridized carbons (Fsp3) is 0.385. The minimum Gasteiger partial charge on any atom is -0.341 e. The smallest absolute Gasteiger partial charge is 0.257 e. The predicted octanol–water partition coefficient (Wildman–Crippen LogP) is 3.59. The van der Waals surface area contributed by atoms with Gasteiger partial charge in [0.05, 0.1) is 17.7 Å². The first-order valence-electron chi connectivity index (χ1n) is 11.7. The zero-order valence-corrected chi connectivity index (χ0v) is 19.3. The van der Waals surface area contributed by atoms with E-state index in [4.69, 9.17) is 0 Å². The highest BCUT2D eigenvalue weighted by molar-refractivity contribution is 5.95. The highest BCUT2D eigenvalue weighted by Crippen LogP contribution is 2.27. The maximum atomic E-state index is 13.5. The minimum atomic E-state index is -0.308. The van der Waals surface area contributed by atoms with Crippen molar-refractivity contribution < 1.29 is 9.59 Å². The normalized spacial score (nSPS) is 16.7. The summed E-state index contributed by atoms with van der Waals surface area (Å²) in [7, 11) is 0. The predicted molar refractivity (Wildman–Crippen MR) is 128 cm³/mol. The van der Waals surface area contributed by atoms with Crippen molar-refractivity contribution in [1.82, 2.24) is 25.0 Å². The monoisotopic (exact) mass is 445 g/mol. The van der Waals surface area contributed by atoms with Gasteiger partial charge in [-0.2, -0.15) is 5.10 Å². The van der Waals surface area contributed by atoms with Crippen molar-refractivity contribution in [1.29, 1.82) is 0 Å². The standard InChI is InChI=1S/C26H31N5O2/c1-3-12-30-13-14-31(26(33)23-17-28-29-24(23)4-2)18-21(25(30)32)15-19-8-5-6-10-22(19)20-9-7-11-27-16-20/h5-11,16-17,21H,3-4,12-15,18H2,1-2H3,(H,28,29)/t21-/m0/s1. The van der Waals surface area contributed by atoms with Crippen LogP contribution in [0.4, 0.5) is 0 Å². The Balaban J connectivity index is 1.64. The number of hydrogen-bond donors (Lipinski definition) is 1. The third kappa shape index (κ3) is 4.97. The zero-order chi connectivity index (χ0) is 23.2. The number of nitrogens with one attached hydrogen (secondary N) is 1. The Morgan fingerprint density at radius 1 is 1.12 bits per heavy atom. The molecule has 2 aromatic heterocycles. The molecule has 0 radical (unpaired) electrons. The first-order chi connectivity index (χ1) is 16.1. The third-order valence-corrected chi connectivity index (χ3v) is 6.28. The Morgan fingerprint density at radius 3 is 2.73 bits per heavy atom. The van der Waals surface area contributed by atoms with Gasteiger partial charge in [-0.05, 0) is 36.5 Å². The number of carbonyl (C=O) groups excluding carboxylic acids is 2. The van der Waals surface area contributed by atoms with Crippen LogP contribution < -0.4 is 0 Å². The zero-order valence-electron chi connectivity index (χ0n) is 19.3. The van der Waals surface area contributed by atoms with Crippen molar-refractivity contribution in [3.8, 4) is 11.1 Å². The second kappa shape index (κ2) is 10.4. The summed E-state index contributed by atoms with van der Waals surface area (Å²) in [5.74, 6) is -0.244. The van der Waals surface area contributed by atoms with Crippen LogP contribution in [-0.2, 0) is 17.6 Å². The number of aryl methyl sites for hydroxylation is 1. The van der Waals surface area contributed by atoms with Crippen LogP contribution in [0.1, 0.15) is 41.9 Å². The fourth-order valence-electron chi connectivity index (χ4n) is 4.58. The van der Waals surface area contributed by atoms with Gasteiger partial charge in [0.2, 0.25) is 5.91 Å². The molecule has 1 aliphatic rings. The van der Waals surface area contributed by atoms with Gasteiger partial charge in [-0.3, -0.25) is 19.7 Å². The molecule has 0 unspecified atom stereocenters. The summed E-state index contributed by atoms with van der Waals surface area (Å²) in [5, 5.41) is 6.99. The first kappa shape index (κ1) is 22.7. The number of H-pyrrole nitrogens is 1. The highest BCUT2D eigenvalue weighted by Gasteiger charge is 2.33. The Labute approximate surface area is 194 Å². The number of benzene rings is 1. The van der Waals surface area contributed by atoms with Crippen molar-refractivity contribution >= 4 is 11.8 Å². The molecule has 7 nitrogen and oxygen atoms in total. The summed E-state index contributed by atoms with van der Waals surface area (Å²) in [6.07, 6.45) is 7.37.